The van der Waals surface area contributed by atoms with Crippen molar-refractivity contribution in [2.24, 2.45) is 0 Å². The van der Waals surface area contributed by atoms with Gasteiger partial charge in [-0.3, -0.25) is 19.0 Å². The molecule has 5 rings (SSSR count). The van der Waals surface area contributed by atoms with Gasteiger partial charge in [0.1, 0.15) is 5.58 Å². The van der Waals surface area contributed by atoms with Crippen molar-refractivity contribution < 1.29 is 14.0 Å². The van der Waals surface area contributed by atoms with Crippen LogP contribution in [0.2, 0.25) is 0 Å². The van der Waals surface area contributed by atoms with Crippen LogP contribution in [0.5, 0.6) is 0 Å². The van der Waals surface area contributed by atoms with Gasteiger partial charge < -0.3 is 9.73 Å². The number of rotatable bonds is 6. The van der Waals surface area contributed by atoms with Crippen LogP contribution in [0.1, 0.15) is 28.1 Å². The van der Waals surface area contributed by atoms with Crippen LogP contribution in [0.15, 0.2) is 88.3 Å². The first-order valence-corrected chi connectivity index (χ1v) is 10.9. The topological polar surface area (TPSA) is 94.2 Å². The highest BCUT2D eigenvalue weighted by atomic mass is 16.3. The molecule has 0 saturated heterocycles. The Hall–Kier alpha value is -4.52. The Bertz CT molecular complexity index is 1600. The van der Waals surface area contributed by atoms with Crippen molar-refractivity contribution in [1.82, 2.24) is 9.55 Å². The van der Waals surface area contributed by atoms with Crippen molar-refractivity contribution in [3.8, 4) is 0 Å². The van der Waals surface area contributed by atoms with Gasteiger partial charge in [-0.1, -0.05) is 42.5 Å². The summed E-state index contributed by atoms with van der Waals surface area (Å²) in [6.45, 7) is 2.05. The van der Waals surface area contributed by atoms with Gasteiger partial charge in [0.25, 0.3) is 5.56 Å². The predicted molar refractivity (Wildman–Crippen MR) is 130 cm³/mol. The number of carbonyl (C=O) groups is 2. The minimum absolute atomic E-state index is 0.104. The molecule has 168 valence electrons. The molecule has 0 radical (unpaired) electrons. The zero-order valence-electron chi connectivity index (χ0n) is 18.4. The number of anilines is 1. The lowest BCUT2D eigenvalue weighted by molar-refractivity contribution is -0.116. The number of benzene rings is 3. The number of amides is 1. The van der Waals surface area contributed by atoms with Gasteiger partial charge >= 0.3 is 0 Å². The highest BCUT2D eigenvalue weighted by Crippen LogP contribution is 2.29. The second-order valence-corrected chi connectivity index (χ2v) is 8.02. The Morgan fingerprint density at radius 1 is 0.971 bits per heavy atom. The molecule has 0 fully saturated rings. The number of aryl methyl sites for hydroxylation is 2. The van der Waals surface area contributed by atoms with Gasteiger partial charge in [-0.15, -0.1) is 0 Å². The molecule has 3 aromatic carbocycles. The van der Waals surface area contributed by atoms with Gasteiger partial charge in [0.05, 0.1) is 17.2 Å². The van der Waals surface area contributed by atoms with E-state index in [2.05, 4.69) is 10.3 Å². The number of para-hydroxylation sites is 1. The van der Waals surface area contributed by atoms with E-state index in [0.29, 0.717) is 27.7 Å². The van der Waals surface area contributed by atoms with E-state index in [1.54, 1.807) is 54.6 Å². The molecule has 0 aliphatic heterocycles. The summed E-state index contributed by atoms with van der Waals surface area (Å²) in [5.41, 5.74) is 2.82. The van der Waals surface area contributed by atoms with Crippen LogP contribution in [0, 0.1) is 6.92 Å². The summed E-state index contributed by atoms with van der Waals surface area (Å²) < 4.78 is 7.30. The monoisotopic (exact) mass is 451 g/mol. The number of hydrogen-bond donors (Lipinski definition) is 1. The van der Waals surface area contributed by atoms with E-state index in [9.17, 15) is 14.4 Å². The number of hydrogen-bond acceptors (Lipinski definition) is 5. The first-order chi connectivity index (χ1) is 16.5. The van der Waals surface area contributed by atoms with Crippen LogP contribution in [0.4, 0.5) is 5.69 Å². The molecule has 1 N–H and O–H groups in total. The van der Waals surface area contributed by atoms with Crippen LogP contribution in [0.25, 0.3) is 21.9 Å². The lowest BCUT2D eigenvalue weighted by Crippen LogP contribution is -2.23. The Labute approximate surface area is 194 Å². The Morgan fingerprint density at radius 3 is 2.56 bits per heavy atom. The minimum Gasteiger partial charge on any atom is -0.452 e. The van der Waals surface area contributed by atoms with Gasteiger partial charge in [0.15, 0.2) is 5.76 Å². The summed E-state index contributed by atoms with van der Waals surface area (Å²) in [7, 11) is 0. The molecule has 5 aromatic rings. The van der Waals surface area contributed by atoms with E-state index < -0.39 is 0 Å². The molecule has 0 unspecified atom stereocenters. The van der Waals surface area contributed by atoms with Crippen molar-refractivity contribution in [1.29, 1.82) is 0 Å². The smallest absolute Gasteiger partial charge is 0.261 e. The number of aromatic nitrogens is 2. The van der Waals surface area contributed by atoms with Gasteiger partial charge in [-0.2, -0.15) is 0 Å². The molecule has 0 bridgehead atoms. The molecule has 7 nitrogen and oxygen atoms in total. The van der Waals surface area contributed by atoms with E-state index in [-0.39, 0.29) is 36.0 Å². The highest BCUT2D eigenvalue weighted by molar-refractivity contribution is 6.10. The molecule has 0 saturated carbocycles. The molecule has 2 heterocycles. The van der Waals surface area contributed by atoms with Crippen molar-refractivity contribution >= 4 is 39.2 Å². The predicted octanol–water partition coefficient (Wildman–Crippen LogP) is 4.71. The maximum Gasteiger partial charge on any atom is 0.261 e. The van der Waals surface area contributed by atoms with Crippen LogP contribution in [-0.4, -0.2) is 21.2 Å². The zero-order valence-corrected chi connectivity index (χ0v) is 18.4. The van der Waals surface area contributed by atoms with Crippen LogP contribution >= 0.6 is 0 Å². The number of nitrogens with zero attached hydrogens (tertiary/aromatic N) is 2. The average Bonchev–Trinajstić information content (AvgIpc) is 3.19. The van der Waals surface area contributed by atoms with Crippen LogP contribution < -0.4 is 10.9 Å². The molecule has 1 amide bonds. The van der Waals surface area contributed by atoms with Crippen molar-refractivity contribution in [2.75, 3.05) is 5.32 Å². The third kappa shape index (κ3) is 3.99. The fraction of sp³-hybridized carbons (Fsp3) is 0.111. The maximum atomic E-state index is 12.8. The maximum absolute atomic E-state index is 12.8. The Morgan fingerprint density at radius 2 is 1.74 bits per heavy atom. The molecule has 0 atom stereocenters. The summed E-state index contributed by atoms with van der Waals surface area (Å²) in [4.78, 5) is 42.2. The van der Waals surface area contributed by atoms with E-state index in [1.807, 2.05) is 25.1 Å². The number of fused-ring (bicyclic) bond motifs is 2. The second-order valence-electron chi connectivity index (χ2n) is 8.02. The molecule has 0 spiro atoms. The van der Waals surface area contributed by atoms with E-state index in [1.165, 1.54) is 10.9 Å². The van der Waals surface area contributed by atoms with Gasteiger partial charge in [-0.05, 0) is 31.2 Å². The molecular formula is C27H21N3O4. The quantitative estimate of drug-likeness (QED) is 0.377. The number of nitrogens with one attached hydrogen (secondary N) is 1. The third-order valence-electron chi connectivity index (χ3n) is 5.78. The summed E-state index contributed by atoms with van der Waals surface area (Å²) in [5, 5.41) is 4.16. The van der Waals surface area contributed by atoms with E-state index in [0.717, 1.165) is 10.9 Å². The summed E-state index contributed by atoms with van der Waals surface area (Å²) in [6.07, 6.45) is 1.56. The normalized spacial score (nSPS) is 11.1. The fourth-order valence-corrected chi connectivity index (χ4v) is 3.95. The van der Waals surface area contributed by atoms with Crippen LogP contribution in [-0.2, 0) is 11.3 Å². The van der Waals surface area contributed by atoms with E-state index >= 15 is 0 Å². The largest absolute Gasteiger partial charge is 0.452 e. The van der Waals surface area contributed by atoms with Crippen molar-refractivity contribution in [2.45, 2.75) is 19.9 Å². The lowest BCUT2D eigenvalue weighted by atomic mass is 10.0. The van der Waals surface area contributed by atoms with Gasteiger partial charge in [0.2, 0.25) is 11.7 Å². The summed E-state index contributed by atoms with van der Waals surface area (Å²) >= 11 is 0. The third-order valence-corrected chi connectivity index (χ3v) is 5.78. The standard InChI is InChI=1S/C27H21N3O4/c1-17-20-12-11-19(15-23(20)34-26(17)25(32)18-7-3-2-4-8-18)29-24(31)13-14-30-16-28-22-10-6-5-9-21(22)27(30)33/h2-12,15-16H,13-14H2,1H3,(H,29,31). The SMILES string of the molecule is Cc1c(C(=O)c2ccccc2)oc2cc(NC(=O)CCn3cnc4ccccc4c3=O)ccc12. The number of ketones is 1. The number of carbonyl (C=O) groups excluding carboxylic acids is 2. The summed E-state index contributed by atoms with van der Waals surface area (Å²) in [5.74, 6) is -0.148. The van der Waals surface area contributed by atoms with Crippen LogP contribution in [0.3, 0.4) is 0 Å². The zero-order chi connectivity index (χ0) is 23.7. The molecule has 0 aliphatic carbocycles. The molecule has 2 aromatic heterocycles. The van der Waals surface area contributed by atoms with Crippen molar-refractivity contribution in [3.63, 3.8) is 0 Å². The number of furan rings is 1. The van der Waals surface area contributed by atoms with E-state index in [4.69, 9.17) is 4.42 Å². The highest BCUT2D eigenvalue weighted by Gasteiger charge is 2.19. The van der Waals surface area contributed by atoms with Gasteiger partial charge in [0, 0.05) is 41.2 Å². The first-order valence-electron chi connectivity index (χ1n) is 10.9. The Kier molecular flexibility index (Phi) is 5.51. The Balaban J connectivity index is 1.31. The first kappa shape index (κ1) is 21.3. The van der Waals surface area contributed by atoms with Gasteiger partial charge in [-0.25, -0.2) is 4.98 Å². The lowest BCUT2D eigenvalue weighted by Gasteiger charge is -2.08. The minimum atomic E-state index is -0.247. The molecule has 0 aliphatic rings. The fourth-order valence-electron chi connectivity index (χ4n) is 3.95. The second kappa shape index (κ2) is 8.78. The molecule has 7 heteroatoms. The average molecular weight is 451 g/mol. The van der Waals surface area contributed by atoms with Crippen molar-refractivity contribution in [3.05, 3.63) is 106 Å². The molecular weight excluding hydrogens is 430 g/mol. The molecule has 34 heavy (non-hydrogen) atoms. The summed E-state index contributed by atoms with van der Waals surface area (Å²) in [6, 6.07) is 21.4.